The highest BCUT2D eigenvalue weighted by atomic mass is 14.6. The smallest absolute Gasteiger partial charge is 0.0269 e. The number of rotatable bonds is 0. The van der Waals surface area contributed by atoms with Crippen LogP contribution in [0.2, 0.25) is 0 Å². The molecule has 3 aliphatic carbocycles. The van der Waals surface area contributed by atoms with Gasteiger partial charge >= 0.3 is 0 Å². The second-order valence-corrected chi connectivity index (χ2v) is 9.75. The van der Waals surface area contributed by atoms with E-state index in [1.54, 1.807) is 0 Å². The van der Waals surface area contributed by atoms with Crippen molar-refractivity contribution in [3.05, 3.63) is 0 Å². The van der Waals surface area contributed by atoms with Crippen LogP contribution in [0, 0.1) is 34.0 Å². The summed E-state index contributed by atoms with van der Waals surface area (Å²) in [5, 5.41) is 0. The summed E-state index contributed by atoms with van der Waals surface area (Å²) in [7, 11) is 0. The first-order valence-corrected chi connectivity index (χ1v) is 9.29. The van der Waals surface area contributed by atoms with E-state index in [-0.39, 0.29) is 0 Å². The summed E-state index contributed by atoms with van der Waals surface area (Å²) < 4.78 is 0. The largest absolute Gasteiger partial charge is 0.0622 e. The van der Waals surface area contributed by atoms with Crippen LogP contribution in [0.15, 0.2) is 0 Å². The average molecular weight is 277 g/mol. The van der Waals surface area contributed by atoms with Crippen molar-refractivity contribution in [3.8, 4) is 0 Å². The molecule has 0 aliphatic heterocycles. The Morgan fingerprint density at radius 3 is 2.10 bits per heavy atom. The molecule has 0 aromatic heterocycles. The van der Waals surface area contributed by atoms with Gasteiger partial charge in [-0.2, -0.15) is 0 Å². The van der Waals surface area contributed by atoms with Crippen molar-refractivity contribution in [1.82, 2.24) is 0 Å². The van der Waals surface area contributed by atoms with Crippen molar-refractivity contribution in [2.45, 2.75) is 92.4 Å². The van der Waals surface area contributed by atoms with Crippen molar-refractivity contribution in [2.75, 3.05) is 0 Å². The Hall–Kier alpha value is 0. The molecule has 0 spiro atoms. The summed E-state index contributed by atoms with van der Waals surface area (Å²) in [6, 6.07) is 0. The molecule has 0 heteroatoms. The molecule has 3 rings (SSSR count). The SMILES string of the molecule is CC1CCC2CC3(C)CCCCC3(C)CCC1C2(C)C. The predicted octanol–water partition coefficient (Wildman–Crippen LogP) is 6.45. The minimum Gasteiger partial charge on any atom is -0.0622 e. The minimum absolute atomic E-state index is 0.583. The lowest BCUT2D eigenvalue weighted by Crippen LogP contribution is -2.50. The van der Waals surface area contributed by atoms with Crippen molar-refractivity contribution >= 4 is 0 Å². The van der Waals surface area contributed by atoms with Crippen LogP contribution < -0.4 is 0 Å². The Morgan fingerprint density at radius 1 is 0.750 bits per heavy atom. The lowest BCUT2D eigenvalue weighted by molar-refractivity contribution is -0.0975. The van der Waals surface area contributed by atoms with Crippen LogP contribution in [-0.4, -0.2) is 0 Å². The van der Waals surface area contributed by atoms with E-state index in [0.717, 1.165) is 17.8 Å². The topological polar surface area (TPSA) is 0 Å². The van der Waals surface area contributed by atoms with Gasteiger partial charge in [-0.15, -0.1) is 0 Å². The summed E-state index contributed by atoms with van der Waals surface area (Å²) in [5.74, 6) is 2.91. The normalized spacial score (nSPS) is 51.8. The summed E-state index contributed by atoms with van der Waals surface area (Å²) in [5.41, 5.74) is 1.84. The van der Waals surface area contributed by atoms with Gasteiger partial charge in [0, 0.05) is 0 Å². The van der Waals surface area contributed by atoms with Gasteiger partial charge < -0.3 is 0 Å². The van der Waals surface area contributed by atoms with E-state index in [4.69, 9.17) is 0 Å². The zero-order chi connectivity index (χ0) is 14.6. The van der Waals surface area contributed by atoms with Crippen molar-refractivity contribution in [1.29, 1.82) is 0 Å². The maximum absolute atomic E-state index is 2.65. The molecule has 0 radical (unpaired) electrons. The van der Waals surface area contributed by atoms with E-state index in [1.807, 2.05) is 0 Å². The molecular weight excluding hydrogens is 240 g/mol. The summed E-state index contributed by atoms with van der Waals surface area (Å²) >= 11 is 0. The molecule has 3 saturated carbocycles. The third kappa shape index (κ3) is 2.08. The van der Waals surface area contributed by atoms with Gasteiger partial charge in [-0.05, 0) is 72.5 Å². The van der Waals surface area contributed by atoms with Crippen molar-refractivity contribution in [2.24, 2.45) is 34.0 Å². The Labute approximate surface area is 127 Å². The van der Waals surface area contributed by atoms with Crippen LogP contribution in [0.1, 0.15) is 92.4 Å². The van der Waals surface area contributed by atoms with E-state index >= 15 is 0 Å². The second kappa shape index (κ2) is 4.75. The average Bonchev–Trinajstić information content (AvgIpc) is 2.36. The van der Waals surface area contributed by atoms with Gasteiger partial charge in [-0.25, -0.2) is 0 Å². The molecule has 0 aromatic rings. The quantitative estimate of drug-likeness (QED) is 0.477. The van der Waals surface area contributed by atoms with Crippen LogP contribution >= 0.6 is 0 Å². The van der Waals surface area contributed by atoms with Gasteiger partial charge in [0.1, 0.15) is 0 Å². The Morgan fingerprint density at radius 2 is 1.40 bits per heavy atom. The molecule has 3 fully saturated rings. The molecule has 20 heavy (non-hydrogen) atoms. The molecule has 0 nitrogen and oxygen atoms in total. The first-order chi connectivity index (χ1) is 9.29. The fourth-order valence-corrected chi connectivity index (χ4v) is 6.52. The van der Waals surface area contributed by atoms with Crippen molar-refractivity contribution in [3.63, 3.8) is 0 Å². The zero-order valence-corrected chi connectivity index (χ0v) is 14.6. The Balaban J connectivity index is 1.95. The molecule has 0 amide bonds. The highest BCUT2D eigenvalue weighted by molar-refractivity contribution is 5.03. The highest BCUT2D eigenvalue weighted by Gasteiger charge is 2.53. The van der Waals surface area contributed by atoms with E-state index in [9.17, 15) is 0 Å². The molecule has 5 unspecified atom stereocenters. The monoisotopic (exact) mass is 276 g/mol. The van der Waals surface area contributed by atoms with Crippen LogP contribution in [0.3, 0.4) is 0 Å². The molecule has 0 saturated heterocycles. The van der Waals surface area contributed by atoms with E-state index in [2.05, 4.69) is 34.6 Å². The molecular formula is C20H36. The van der Waals surface area contributed by atoms with Crippen LogP contribution in [0.5, 0.6) is 0 Å². The first kappa shape index (κ1) is 14.9. The van der Waals surface area contributed by atoms with Crippen molar-refractivity contribution < 1.29 is 0 Å². The van der Waals surface area contributed by atoms with Gasteiger partial charge in [0.05, 0.1) is 0 Å². The summed E-state index contributed by atoms with van der Waals surface area (Å²) in [4.78, 5) is 0. The van der Waals surface area contributed by atoms with Crippen LogP contribution in [-0.2, 0) is 0 Å². The molecule has 0 heterocycles. The third-order valence-electron chi connectivity index (χ3n) is 8.53. The highest BCUT2D eigenvalue weighted by Crippen LogP contribution is 2.63. The lowest BCUT2D eigenvalue weighted by Gasteiger charge is -2.60. The fraction of sp³-hybridized carbons (Fsp3) is 1.00. The van der Waals surface area contributed by atoms with E-state index in [0.29, 0.717) is 16.2 Å². The van der Waals surface area contributed by atoms with E-state index < -0.39 is 0 Å². The number of hydrogen-bond donors (Lipinski definition) is 0. The van der Waals surface area contributed by atoms with Gasteiger partial charge in [0.15, 0.2) is 0 Å². The Kier molecular flexibility index (Phi) is 3.54. The second-order valence-electron chi connectivity index (χ2n) is 9.75. The third-order valence-corrected chi connectivity index (χ3v) is 8.53. The molecule has 0 N–H and O–H groups in total. The molecule has 116 valence electrons. The van der Waals surface area contributed by atoms with Gasteiger partial charge in [-0.1, -0.05) is 53.9 Å². The predicted molar refractivity (Wildman–Crippen MR) is 87.7 cm³/mol. The van der Waals surface area contributed by atoms with Crippen LogP contribution in [0.25, 0.3) is 0 Å². The maximum Gasteiger partial charge on any atom is -0.0269 e. The number of fused-ring (bicyclic) bond motifs is 3. The molecule has 5 atom stereocenters. The molecule has 3 aliphatic rings. The number of hydrogen-bond acceptors (Lipinski definition) is 0. The Bertz CT molecular complexity index is 368. The zero-order valence-electron chi connectivity index (χ0n) is 14.6. The molecule has 2 bridgehead atoms. The minimum atomic E-state index is 0.583. The van der Waals surface area contributed by atoms with Crippen LogP contribution in [0.4, 0.5) is 0 Å². The fourth-order valence-electron chi connectivity index (χ4n) is 6.52. The van der Waals surface area contributed by atoms with Gasteiger partial charge in [-0.3, -0.25) is 0 Å². The molecule has 0 aromatic carbocycles. The first-order valence-electron chi connectivity index (χ1n) is 9.29. The summed E-state index contributed by atoms with van der Waals surface area (Å²) in [6.45, 7) is 13.0. The lowest BCUT2D eigenvalue weighted by atomic mass is 9.45. The standard InChI is InChI=1S/C20H36/c1-15-8-9-16-14-20(5)12-7-6-11-19(20,4)13-10-17(15)18(16,2)3/h15-17H,6-14H2,1-5H3. The maximum atomic E-state index is 2.65. The van der Waals surface area contributed by atoms with E-state index in [1.165, 1.54) is 57.8 Å². The van der Waals surface area contributed by atoms with Gasteiger partial charge in [0.25, 0.3) is 0 Å². The van der Waals surface area contributed by atoms with Gasteiger partial charge in [0.2, 0.25) is 0 Å². The summed E-state index contributed by atoms with van der Waals surface area (Å²) in [6.07, 6.45) is 13.5.